The summed E-state index contributed by atoms with van der Waals surface area (Å²) in [6.07, 6.45) is 1.59. The van der Waals surface area contributed by atoms with Crippen LogP contribution in [-0.2, 0) is 19.4 Å². The summed E-state index contributed by atoms with van der Waals surface area (Å²) in [4.78, 5) is 22.6. The maximum Gasteiger partial charge on any atom is 0.280 e. The predicted molar refractivity (Wildman–Crippen MR) is 156 cm³/mol. The number of benzene rings is 3. The van der Waals surface area contributed by atoms with E-state index in [1.165, 1.54) is 5.56 Å². The minimum atomic E-state index is -0.330. The van der Waals surface area contributed by atoms with Crippen molar-refractivity contribution in [2.24, 2.45) is 4.99 Å². The van der Waals surface area contributed by atoms with E-state index in [0.29, 0.717) is 24.4 Å². The van der Waals surface area contributed by atoms with Crippen molar-refractivity contribution in [1.82, 2.24) is 9.55 Å². The molecule has 0 spiro atoms. The second kappa shape index (κ2) is 9.08. The summed E-state index contributed by atoms with van der Waals surface area (Å²) in [6.45, 7) is 13.7. The number of rotatable bonds is 5. The first-order chi connectivity index (χ1) is 18.5. The minimum Gasteiger partial charge on any atom is -0.490 e. The molecule has 2 aliphatic rings. The summed E-state index contributed by atoms with van der Waals surface area (Å²) < 4.78 is 14.6. The topological polar surface area (TPSA) is 65.7 Å². The molecule has 4 aromatic rings. The van der Waals surface area contributed by atoms with Crippen molar-refractivity contribution in [2.45, 2.75) is 72.1 Å². The molecule has 0 N–H and O–H groups in total. The predicted octanol–water partition coefficient (Wildman–Crippen LogP) is 6.04. The van der Waals surface area contributed by atoms with Crippen LogP contribution < -0.4 is 15.0 Å². The molecule has 1 aromatic heterocycles. The quantitative estimate of drug-likeness (QED) is 0.321. The van der Waals surface area contributed by atoms with Crippen molar-refractivity contribution in [3.8, 4) is 11.5 Å². The van der Waals surface area contributed by atoms with Gasteiger partial charge in [-0.3, -0.25) is 9.79 Å². The monoisotopic (exact) mass is 521 g/mol. The van der Waals surface area contributed by atoms with Crippen molar-refractivity contribution < 1.29 is 9.47 Å². The lowest BCUT2D eigenvalue weighted by atomic mass is 9.81. The standard InChI is InChI=1S/C33H35N3O3/c1-7-38-27-16-23-17-32(3,4)35-29(28(23)25-18-33(5,6)39-30(25)27)22-13-14-24-26(15-22)36(20(2)34-31(24)37)19-21-11-9-8-10-12-21/h8-16H,7,17-19H2,1-6H3. The lowest BCUT2D eigenvalue weighted by Crippen LogP contribution is -2.31. The fraction of sp³-hybridized carbons (Fsp3) is 0.364. The van der Waals surface area contributed by atoms with Crippen LogP contribution >= 0.6 is 0 Å². The van der Waals surface area contributed by atoms with Gasteiger partial charge in [0, 0.05) is 29.7 Å². The van der Waals surface area contributed by atoms with Gasteiger partial charge in [0.25, 0.3) is 5.56 Å². The van der Waals surface area contributed by atoms with Crippen molar-refractivity contribution >= 4 is 16.6 Å². The Morgan fingerprint density at radius 2 is 1.79 bits per heavy atom. The zero-order chi connectivity index (χ0) is 27.5. The number of aromatic nitrogens is 2. The summed E-state index contributed by atoms with van der Waals surface area (Å²) in [6, 6.07) is 18.4. The van der Waals surface area contributed by atoms with E-state index in [-0.39, 0.29) is 16.7 Å². The van der Waals surface area contributed by atoms with Gasteiger partial charge in [-0.1, -0.05) is 36.4 Å². The molecule has 3 heterocycles. The van der Waals surface area contributed by atoms with Gasteiger partial charge in [-0.15, -0.1) is 0 Å². The molecule has 0 amide bonds. The number of aliphatic imine (C=N–C) groups is 1. The van der Waals surface area contributed by atoms with E-state index in [4.69, 9.17) is 14.5 Å². The molecule has 39 heavy (non-hydrogen) atoms. The largest absolute Gasteiger partial charge is 0.490 e. The molecule has 0 atom stereocenters. The van der Waals surface area contributed by atoms with Crippen LogP contribution in [0.25, 0.3) is 10.9 Å². The Hall–Kier alpha value is -3.93. The normalized spacial score (nSPS) is 16.8. The van der Waals surface area contributed by atoms with Gasteiger partial charge in [0.2, 0.25) is 0 Å². The molecule has 2 aliphatic heterocycles. The van der Waals surface area contributed by atoms with Crippen LogP contribution in [0.1, 0.15) is 68.3 Å². The molecule has 3 aromatic carbocycles. The van der Waals surface area contributed by atoms with Crippen molar-refractivity contribution in [2.75, 3.05) is 6.61 Å². The summed E-state index contributed by atoms with van der Waals surface area (Å²) in [5.41, 5.74) is 6.63. The summed E-state index contributed by atoms with van der Waals surface area (Å²) in [5, 5.41) is 0.609. The SMILES string of the molecule is CCOc1cc2c(c3c1OC(C)(C)C3)C(c1ccc3c(=O)nc(C)n(Cc4ccccc4)c3c1)=NC(C)(C)C2. The Labute approximate surface area is 229 Å². The minimum absolute atomic E-state index is 0.206. The summed E-state index contributed by atoms with van der Waals surface area (Å²) in [5.74, 6) is 2.33. The molecule has 200 valence electrons. The number of hydrogen-bond acceptors (Lipinski definition) is 5. The van der Waals surface area contributed by atoms with Crippen LogP contribution in [0.15, 0.2) is 64.4 Å². The third-order valence-electron chi connectivity index (χ3n) is 7.61. The Bertz CT molecular complexity index is 1700. The molecule has 6 heteroatoms. The highest BCUT2D eigenvalue weighted by Crippen LogP contribution is 2.48. The van der Waals surface area contributed by atoms with Gasteiger partial charge in [-0.2, -0.15) is 4.98 Å². The zero-order valence-corrected chi connectivity index (χ0v) is 23.6. The molecule has 0 aliphatic carbocycles. The highest BCUT2D eigenvalue weighted by molar-refractivity contribution is 6.17. The van der Waals surface area contributed by atoms with Crippen LogP contribution in [0.3, 0.4) is 0 Å². The number of nitrogens with zero attached hydrogens (tertiary/aromatic N) is 3. The van der Waals surface area contributed by atoms with Crippen molar-refractivity contribution in [3.63, 3.8) is 0 Å². The van der Waals surface area contributed by atoms with Crippen molar-refractivity contribution in [3.05, 3.63) is 98.6 Å². The number of fused-ring (bicyclic) bond motifs is 4. The van der Waals surface area contributed by atoms with Crippen LogP contribution in [0.5, 0.6) is 11.5 Å². The Balaban J connectivity index is 1.58. The van der Waals surface area contributed by atoms with Crippen molar-refractivity contribution in [1.29, 1.82) is 0 Å². The maximum absolute atomic E-state index is 12.9. The number of hydrogen-bond donors (Lipinski definition) is 0. The van der Waals surface area contributed by atoms with Crippen LogP contribution in [0.2, 0.25) is 0 Å². The van der Waals surface area contributed by atoms with E-state index in [1.807, 2.05) is 44.2 Å². The van der Waals surface area contributed by atoms with E-state index in [2.05, 4.69) is 61.5 Å². The van der Waals surface area contributed by atoms with E-state index in [1.54, 1.807) is 0 Å². The van der Waals surface area contributed by atoms with E-state index in [9.17, 15) is 4.79 Å². The lowest BCUT2D eigenvalue weighted by molar-refractivity contribution is 0.132. The van der Waals surface area contributed by atoms with Gasteiger partial charge in [-0.05, 0) is 77.3 Å². The lowest BCUT2D eigenvalue weighted by Gasteiger charge is -2.31. The highest BCUT2D eigenvalue weighted by Gasteiger charge is 2.39. The van der Waals surface area contributed by atoms with Crippen LogP contribution in [0, 0.1) is 6.92 Å². The van der Waals surface area contributed by atoms with E-state index >= 15 is 0 Å². The van der Waals surface area contributed by atoms with Gasteiger partial charge in [0.1, 0.15) is 11.4 Å². The summed E-state index contributed by atoms with van der Waals surface area (Å²) in [7, 11) is 0. The fourth-order valence-corrected chi connectivity index (χ4v) is 6.03. The third-order valence-corrected chi connectivity index (χ3v) is 7.61. The van der Waals surface area contributed by atoms with Crippen LogP contribution in [0.4, 0.5) is 0 Å². The maximum atomic E-state index is 12.9. The fourth-order valence-electron chi connectivity index (χ4n) is 6.03. The molecule has 6 rings (SSSR count). The first-order valence-electron chi connectivity index (χ1n) is 13.7. The summed E-state index contributed by atoms with van der Waals surface area (Å²) >= 11 is 0. The first kappa shape index (κ1) is 25.4. The Kier molecular flexibility index (Phi) is 5.90. The zero-order valence-electron chi connectivity index (χ0n) is 23.6. The molecule has 6 nitrogen and oxygen atoms in total. The highest BCUT2D eigenvalue weighted by atomic mass is 16.5. The number of aryl methyl sites for hydroxylation is 1. The first-order valence-corrected chi connectivity index (χ1v) is 13.7. The van der Waals surface area contributed by atoms with E-state index < -0.39 is 0 Å². The molecule has 0 fully saturated rings. The van der Waals surface area contributed by atoms with E-state index in [0.717, 1.165) is 57.8 Å². The second-order valence-corrected chi connectivity index (χ2v) is 11.9. The number of ether oxygens (including phenoxy) is 2. The van der Waals surface area contributed by atoms with Gasteiger partial charge < -0.3 is 14.0 Å². The van der Waals surface area contributed by atoms with Gasteiger partial charge in [0.05, 0.1) is 28.8 Å². The molecule has 0 bridgehead atoms. The average molecular weight is 522 g/mol. The van der Waals surface area contributed by atoms with Gasteiger partial charge in [0.15, 0.2) is 11.5 Å². The third kappa shape index (κ3) is 4.52. The molecule has 0 radical (unpaired) electrons. The molecule has 0 saturated heterocycles. The van der Waals surface area contributed by atoms with Gasteiger partial charge >= 0.3 is 0 Å². The Morgan fingerprint density at radius 3 is 2.54 bits per heavy atom. The smallest absolute Gasteiger partial charge is 0.280 e. The molecule has 0 saturated carbocycles. The second-order valence-electron chi connectivity index (χ2n) is 11.9. The van der Waals surface area contributed by atoms with Gasteiger partial charge in [-0.25, -0.2) is 0 Å². The molecular formula is C33H35N3O3. The molecular weight excluding hydrogens is 486 g/mol. The van der Waals surface area contributed by atoms with Crippen LogP contribution in [-0.4, -0.2) is 33.0 Å². The average Bonchev–Trinajstić information content (AvgIpc) is 3.21. The Morgan fingerprint density at radius 1 is 1.03 bits per heavy atom. The molecule has 0 unspecified atom stereocenters.